The number of hydrogen-bond acceptors (Lipinski definition) is 2. The van der Waals surface area contributed by atoms with Gasteiger partial charge in [0.05, 0.1) is 0 Å². The molecule has 110 valence electrons. The van der Waals surface area contributed by atoms with E-state index < -0.39 is 0 Å². The van der Waals surface area contributed by atoms with E-state index in [1.807, 2.05) is 6.07 Å². The second-order valence-corrected chi connectivity index (χ2v) is 6.54. The molecule has 0 radical (unpaired) electrons. The zero-order valence-electron chi connectivity index (χ0n) is 12.4. The van der Waals surface area contributed by atoms with Crippen molar-refractivity contribution in [3.8, 4) is 0 Å². The molecule has 1 aliphatic heterocycles. The van der Waals surface area contributed by atoms with E-state index in [4.69, 9.17) is 0 Å². The van der Waals surface area contributed by atoms with Gasteiger partial charge in [-0.3, -0.25) is 0 Å². The van der Waals surface area contributed by atoms with Crippen molar-refractivity contribution >= 4 is 21.6 Å². The molecule has 0 aliphatic carbocycles. The van der Waals surface area contributed by atoms with Crippen LogP contribution >= 0.6 is 15.9 Å². The lowest BCUT2D eigenvalue weighted by Gasteiger charge is -2.27. The number of benzene rings is 2. The van der Waals surface area contributed by atoms with Gasteiger partial charge in [-0.05, 0) is 41.7 Å². The predicted octanol–water partition coefficient (Wildman–Crippen LogP) is 4.12. The molecule has 3 rings (SSSR count). The molecule has 2 aromatic rings. The summed E-state index contributed by atoms with van der Waals surface area (Å²) in [4.78, 5) is 2.36. The number of aryl methyl sites for hydroxylation is 1. The Bertz CT molecular complexity index is 624. The molecule has 1 N–H and O–H groups in total. The minimum Gasteiger partial charge on any atom is -0.374 e. The Morgan fingerprint density at radius 1 is 1.14 bits per heavy atom. The van der Waals surface area contributed by atoms with E-state index in [9.17, 15) is 0 Å². The van der Waals surface area contributed by atoms with Crippen molar-refractivity contribution in [2.24, 2.45) is 0 Å². The summed E-state index contributed by atoms with van der Waals surface area (Å²) in [5.74, 6) is 0. The van der Waals surface area contributed by atoms with Crippen molar-refractivity contribution in [2.75, 3.05) is 18.5 Å². The quantitative estimate of drug-likeness (QED) is 0.897. The van der Waals surface area contributed by atoms with E-state index in [1.165, 1.54) is 46.2 Å². The summed E-state index contributed by atoms with van der Waals surface area (Å²) >= 11 is 3.59. The lowest BCUT2D eigenvalue weighted by molar-refractivity contribution is 0.687. The van der Waals surface area contributed by atoms with Gasteiger partial charge in [0.15, 0.2) is 0 Å². The van der Waals surface area contributed by atoms with Gasteiger partial charge in [-0.15, -0.1) is 0 Å². The van der Waals surface area contributed by atoms with Crippen molar-refractivity contribution in [3.63, 3.8) is 0 Å². The first kappa shape index (κ1) is 14.6. The normalized spacial score (nSPS) is 14.1. The first-order valence-electron chi connectivity index (χ1n) is 7.51. The number of halogens is 1. The molecule has 0 fully saturated rings. The summed E-state index contributed by atoms with van der Waals surface area (Å²) in [6.07, 6.45) is 2.47. The van der Waals surface area contributed by atoms with E-state index in [2.05, 4.69) is 69.6 Å². The molecule has 1 heterocycles. The Balaban J connectivity index is 1.62. The minimum absolute atomic E-state index is 0.887. The van der Waals surface area contributed by atoms with E-state index in [0.29, 0.717) is 0 Å². The van der Waals surface area contributed by atoms with Crippen LogP contribution in [-0.4, -0.2) is 13.6 Å². The molecular formula is C18H21BrN2. The SMILES string of the molecule is CN1CCCc2cc(CNCc3ccccc3Br)ccc21. The molecule has 0 aromatic heterocycles. The first-order chi connectivity index (χ1) is 10.2. The topological polar surface area (TPSA) is 15.3 Å². The Kier molecular flexibility index (Phi) is 4.61. The highest BCUT2D eigenvalue weighted by Gasteiger charge is 2.13. The molecule has 0 saturated heterocycles. The van der Waals surface area contributed by atoms with Crippen LogP contribution in [0, 0.1) is 0 Å². The van der Waals surface area contributed by atoms with Crippen molar-refractivity contribution < 1.29 is 0 Å². The maximum Gasteiger partial charge on any atom is 0.0396 e. The molecular weight excluding hydrogens is 324 g/mol. The van der Waals surface area contributed by atoms with Gasteiger partial charge >= 0.3 is 0 Å². The van der Waals surface area contributed by atoms with Crippen molar-refractivity contribution in [3.05, 3.63) is 63.6 Å². The minimum atomic E-state index is 0.887. The van der Waals surface area contributed by atoms with Crippen LogP contribution in [0.3, 0.4) is 0 Å². The van der Waals surface area contributed by atoms with Crippen LogP contribution in [0.5, 0.6) is 0 Å². The molecule has 0 amide bonds. The van der Waals surface area contributed by atoms with Crippen LogP contribution in [0.1, 0.15) is 23.1 Å². The Hall–Kier alpha value is -1.32. The maximum absolute atomic E-state index is 3.59. The average Bonchev–Trinajstić information content (AvgIpc) is 2.49. The van der Waals surface area contributed by atoms with Crippen LogP contribution in [0.4, 0.5) is 5.69 Å². The Morgan fingerprint density at radius 3 is 2.86 bits per heavy atom. The van der Waals surface area contributed by atoms with Crippen LogP contribution in [0.2, 0.25) is 0 Å². The standard InChI is InChI=1S/C18H21BrN2/c1-21-10-4-6-15-11-14(8-9-18(15)21)12-20-13-16-5-2-3-7-17(16)19/h2-3,5,7-9,11,20H,4,6,10,12-13H2,1H3. The lowest BCUT2D eigenvalue weighted by atomic mass is 9.99. The number of anilines is 1. The molecule has 0 saturated carbocycles. The fraction of sp³-hybridized carbons (Fsp3) is 0.333. The third-order valence-corrected chi connectivity index (χ3v) is 4.87. The van der Waals surface area contributed by atoms with Gasteiger partial charge < -0.3 is 10.2 Å². The summed E-state index contributed by atoms with van der Waals surface area (Å²) in [7, 11) is 2.18. The van der Waals surface area contributed by atoms with E-state index in [0.717, 1.165) is 13.1 Å². The summed E-state index contributed by atoms with van der Waals surface area (Å²) in [6, 6.07) is 15.2. The zero-order chi connectivity index (χ0) is 14.7. The molecule has 0 atom stereocenters. The van der Waals surface area contributed by atoms with Crippen LogP contribution in [-0.2, 0) is 19.5 Å². The molecule has 2 aromatic carbocycles. The highest BCUT2D eigenvalue weighted by molar-refractivity contribution is 9.10. The molecule has 0 bridgehead atoms. The predicted molar refractivity (Wildman–Crippen MR) is 92.7 cm³/mol. The van der Waals surface area contributed by atoms with E-state index in [-0.39, 0.29) is 0 Å². The van der Waals surface area contributed by atoms with Gasteiger partial charge in [0, 0.05) is 36.8 Å². The maximum atomic E-state index is 3.59. The fourth-order valence-electron chi connectivity index (χ4n) is 2.93. The van der Waals surface area contributed by atoms with Crippen LogP contribution in [0.25, 0.3) is 0 Å². The first-order valence-corrected chi connectivity index (χ1v) is 8.30. The highest BCUT2D eigenvalue weighted by atomic mass is 79.9. The molecule has 21 heavy (non-hydrogen) atoms. The summed E-state index contributed by atoms with van der Waals surface area (Å²) < 4.78 is 1.17. The fourth-order valence-corrected chi connectivity index (χ4v) is 3.36. The Morgan fingerprint density at radius 2 is 2.00 bits per heavy atom. The van der Waals surface area contributed by atoms with Gasteiger partial charge in [-0.2, -0.15) is 0 Å². The van der Waals surface area contributed by atoms with Crippen LogP contribution in [0.15, 0.2) is 46.9 Å². The largest absolute Gasteiger partial charge is 0.374 e. The van der Waals surface area contributed by atoms with Crippen molar-refractivity contribution in [1.29, 1.82) is 0 Å². The average molecular weight is 345 g/mol. The third kappa shape index (κ3) is 3.47. The number of nitrogens with zero attached hydrogens (tertiary/aromatic N) is 1. The van der Waals surface area contributed by atoms with Gasteiger partial charge in [0.2, 0.25) is 0 Å². The van der Waals surface area contributed by atoms with Gasteiger partial charge in [0.1, 0.15) is 0 Å². The zero-order valence-corrected chi connectivity index (χ0v) is 14.0. The smallest absolute Gasteiger partial charge is 0.0396 e. The van der Waals surface area contributed by atoms with Crippen molar-refractivity contribution in [1.82, 2.24) is 5.32 Å². The highest BCUT2D eigenvalue weighted by Crippen LogP contribution is 2.26. The molecule has 3 heteroatoms. The number of nitrogens with one attached hydrogen (secondary N) is 1. The van der Waals surface area contributed by atoms with Crippen molar-refractivity contribution in [2.45, 2.75) is 25.9 Å². The van der Waals surface area contributed by atoms with Crippen LogP contribution < -0.4 is 10.2 Å². The monoisotopic (exact) mass is 344 g/mol. The lowest BCUT2D eigenvalue weighted by Crippen LogP contribution is -2.24. The molecule has 1 aliphatic rings. The van der Waals surface area contributed by atoms with Gasteiger partial charge in [-0.25, -0.2) is 0 Å². The Labute approximate surface area is 135 Å². The molecule has 0 unspecified atom stereocenters. The van der Waals surface area contributed by atoms with E-state index >= 15 is 0 Å². The van der Waals surface area contributed by atoms with Gasteiger partial charge in [0.25, 0.3) is 0 Å². The number of rotatable bonds is 4. The molecule has 2 nitrogen and oxygen atoms in total. The second-order valence-electron chi connectivity index (χ2n) is 5.68. The summed E-state index contributed by atoms with van der Waals surface area (Å²) in [6.45, 7) is 2.98. The van der Waals surface area contributed by atoms with E-state index in [1.54, 1.807) is 0 Å². The third-order valence-electron chi connectivity index (χ3n) is 4.10. The summed E-state index contributed by atoms with van der Waals surface area (Å²) in [5.41, 5.74) is 5.56. The second kappa shape index (κ2) is 6.63. The molecule has 0 spiro atoms. The summed E-state index contributed by atoms with van der Waals surface area (Å²) in [5, 5.41) is 3.53. The number of hydrogen-bond donors (Lipinski definition) is 1. The number of fused-ring (bicyclic) bond motifs is 1. The van der Waals surface area contributed by atoms with Gasteiger partial charge in [-0.1, -0.05) is 46.3 Å².